The number of amides is 2. The summed E-state index contributed by atoms with van der Waals surface area (Å²) in [4.78, 5) is 25.5. The van der Waals surface area contributed by atoms with Crippen LogP contribution in [0.2, 0.25) is 0 Å². The number of nitrogens with zero attached hydrogens (tertiary/aromatic N) is 1. The van der Waals surface area contributed by atoms with Crippen molar-refractivity contribution in [2.24, 2.45) is 5.41 Å². The van der Waals surface area contributed by atoms with Crippen LogP contribution in [-0.2, 0) is 14.8 Å². The Morgan fingerprint density at radius 2 is 2.08 bits per heavy atom. The second-order valence-electron chi connectivity index (χ2n) is 6.03. The third-order valence-electron chi connectivity index (χ3n) is 3.95. The monoisotopic (exact) mass is 375 g/mol. The zero-order valence-electron chi connectivity index (χ0n) is 13.5. The maximum absolute atomic E-state index is 12.0. The summed E-state index contributed by atoms with van der Waals surface area (Å²) < 4.78 is 26.7. The first-order valence-electron chi connectivity index (χ1n) is 7.46. The fourth-order valence-electron chi connectivity index (χ4n) is 2.40. The van der Waals surface area contributed by atoms with E-state index in [1.807, 2.05) is 6.92 Å². The predicted molar refractivity (Wildman–Crippen MR) is 89.6 cm³/mol. The van der Waals surface area contributed by atoms with Gasteiger partial charge in [0.05, 0.1) is 5.41 Å². The summed E-state index contributed by atoms with van der Waals surface area (Å²) in [5.41, 5.74) is -0.921. The Hall–Kier alpha value is -1.65. The summed E-state index contributed by atoms with van der Waals surface area (Å²) in [5.74, 6) is -0.920. The molecule has 0 radical (unpaired) electrons. The molecule has 1 aliphatic rings. The first-order valence-corrected chi connectivity index (χ1v) is 9.76. The number of carboxylic acid groups (broad SMARTS) is 1. The molecule has 24 heavy (non-hydrogen) atoms. The van der Waals surface area contributed by atoms with Crippen molar-refractivity contribution >= 4 is 33.4 Å². The molecule has 0 spiro atoms. The molecule has 1 aromatic rings. The van der Waals surface area contributed by atoms with Gasteiger partial charge in [0.25, 0.3) is 0 Å². The summed E-state index contributed by atoms with van der Waals surface area (Å²) in [6.07, 6.45) is 0.403. The van der Waals surface area contributed by atoms with Gasteiger partial charge < -0.3 is 15.3 Å². The minimum Gasteiger partial charge on any atom is -0.481 e. The molecule has 2 heterocycles. The number of rotatable bonds is 6. The molecule has 8 nitrogen and oxygen atoms in total. The molecule has 0 aromatic carbocycles. The van der Waals surface area contributed by atoms with Crippen LogP contribution in [0.15, 0.2) is 16.3 Å². The molecule has 1 atom stereocenters. The molecule has 2 amide bonds. The lowest BCUT2D eigenvalue weighted by atomic mass is 9.90. The van der Waals surface area contributed by atoms with E-state index in [1.54, 1.807) is 13.0 Å². The summed E-state index contributed by atoms with van der Waals surface area (Å²) in [6.45, 7) is 4.14. The predicted octanol–water partition coefficient (Wildman–Crippen LogP) is 0.841. The molecular weight excluding hydrogens is 354 g/mol. The molecule has 1 aromatic heterocycles. The number of nitrogens with one attached hydrogen (secondary N) is 2. The van der Waals surface area contributed by atoms with Gasteiger partial charge in [0.2, 0.25) is 10.0 Å². The van der Waals surface area contributed by atoms with Crippen LogP contribution in [0.4, 0.5) is 4.79 Å². The third-order valence-corrected chi connectivity index (χ3v) is 6.90. The van der Waals surface area contributed by atoms with Gasteiger partial charge in [0, 0.05) is 31.1 Å². The van der Waals surface area contributed by atoms with Crippen LogP contribution in [0, 0.1) is 12.3 Å². The van der Waals surface area contributed by atoms with Gasteiger partial charge in [-0.1, -0.05) is 0 Å². The zero-order valence-corrected chi connectivity index (χ0v) is 15.2. The number of likely N-dealkylation sites (tertiary alicyclic amines) is 1. The van der Waals surface area contributed by atoms with Gasteiger partial charge in [-0.3, -0.25) is 4.79 Å². The van der Waals surface area contributed by atoms with Gasteiger partial charge in [-0.05, 0) is 32.4 Å². The van der Waals surface area contributed by atoms with E-state index in [4.69, 9.17) is 5.11 Å². The van der Waals surface area contributed by atoms with E-state index in [9.17, 15) is 18.0 Å². The molecule has 2 rings (SSSR count). The number of hydrogen-bond acceptors (Lipinski definition) is 5. The van der Waals surface area contributed by atoms with Crippen LogP contribution < -0.4 is 10.0 Å². The van der Waals surface area contributed by atoms with E-state index in [0.717, 1.165) is 4.88 Å². The van der Waals surface area contributed by atoms with Gasteiger partial charge in [-0.15, -0.1) is 11.3 Å². The van der Waals surface area contributed by atoms with Gasteiger partial charge in [-0.2, -0.15) is 0 Å². The van der Waals surface area contributed by atoms with Crippen LogP contribution in [0.1, 0.15) is 18.2 Å². The SMILES string of the molecule is Cc1ccc(S(=O)(=O)NCCNC(=O)N2CCC(C)(C(=O)O)C2)s1. The number of aliphatic carboxylic acids is 1. The Bertz CT molecular complexity index is 731. The Kier molecular flexibility index (Phi) is 5.51. The van der Waals surface area contributed by atoms with Crippen molar-refractivity contribution in [3.05, 3.63) is 17.0 Å². The Balaban J connectivity index is 1.77. The Morgan fingerprint density at radius 3 is 2.62 bits per heavy atom. The molecule has 1 aliphatic heterocycles. The highest BCUT2D eigenvalue weighted by atomic mass is 32.2. The molecule has 1 unspecified atom stereocenters. The quantitative estimate of drug-likeness (QED) is 0.637. The second kappa shape index (κ2) is 7.08. The normalized spacial score (nSPS) is 21.0. The smallest absolute Gasteiger partial charge is 0.317 e. The summed E-state index contributed by atoms with van der Waals surface area (Å²) in [5, 5.41) is 11.8. The van der Waals surface area contributed by atoms with Crippen molar-refractivity contribution in [2.75, 3.05) is 26.2 Å². The Labute approximate surface area is 144 Å². The highest BCUT2D eigenvalue weighted by Gasteiger charge is 2.42. The van der Waals surface area contributed by atoms with E-state index in [-0.39, 0.29) is 29.9 Å². The molecule has 3 N–H and O–H groups in total. The molecule has 10 heteroatoms. The van der Waals surface area contributed by atoms with E-state index in [2.05, 4.69) is 10.0 Å². The van der Waals surface area contributed by atoms with Crippen molar-refractivity contribution in [3.63, 3.8) is 0 Å². The molecule has 1 fully saturated rings. The lowest BCUT2D eigenvalue weighted by molar-refractivity contribution is -0.147. The maximum atomic E-state index is 12.0. The second-order valence-corrected chi connectivity index (χ2v) is 9.31. The van der Waals surface area contributed by atoms with Crippen molar-refractivity contribution in [3.8, 4) is 0 Å². The summed E-state index contributed by atoms with van der Waals surface area (Å²) in [7, 11) is -3.56. The number of thiophene rings is 1. The zero-order chi connectivity index (χ0) is 18.0. The molecule has 0 saturated carbocycles. The minimum absolute atomic E-state index is 0.0645. The first-order chi connectivity index (χ1) is 11.1. The lowest BCUT2D eigenvalue weighted by Gasteiger charge is -2.20. The lowest BCUT2D eigenvalue weighted by Crippen LogP contribution is -2.43. The number of urea groups is 1. The van der Waals surface area contributed by atoms with Crippen molar-refractivity contribution in [1.82, 2.24) is 14.9 Å². The average Bonchev–Trinajstić information content (AvgIpc) is 3.11. The number of carbonyl (C=O) groups is 2. The Morgan fingerprint density at radius 1 is 1.38 bits per heavy atom. The third kappa shape index (κ3) is 4.25. The fraction of sp³-hybridized carbons (Fsp3) is 0.571. The van der Waals surface area contributed by atoms with Crippen LogP contribution in [0.3, 0.4) is 0 Å². The highest BCUT2D eigenvalue weighted by molar-refractivity contribution is 7.91. The van der Waals surface area contributed by atoms with Crippen LogP contribution >= 0.6 is 11.3 Å². The first kappa shape index (κ1) is 18.7. The van der Waals surface area contributed by atoms with E-state index >= 15 is 0 Å². The maximum Gasteiger partial charge on any atom is 0.317 e. The van der Waals surface area contributed by atoms with Crippen LogP contribution in [0.5, 0.6) is 0 Å². The molecule has 0 bridgehead atoms. The largest absolute Gasteiger partial charge is 0.481 e. The topological polar surface area (TPSA) is 116 Å². The van der Waals surface area contributed by atoms with Gasteiger partial charge in [0.15, 0.2) is 0 Å². The number of carbonyl (C=O) groups excluding carboxylic acids is 1. The van der Waals surface area contributed by atoms with Crippen molar-refractivity contribution < 1.29 is 23.1 Å². The number of carboxylic acids is 1. The molecule has 0 aliphatic carbocycles. The molecular formula is C14H21N3O5S2. The fourth-order valence-corrected chi connectivity index (χ4v) is 4.76. The number of sulfonamides is 1. The van der Waals surface area contributed by atoms with Crippen LogP contribution in [0.25, 0.3) is 0 Å². The minimum atomic E-state index is -3.56. The van der Waals surface area contributed by atoms with Gasteiger partial charge in [-0.25, -0.2) is 17.9 Å². The van der Waals surface area contributed by atoms with E-state index < -0.39 is 21.4 Å². The molecule has 1 saturated heterocycles. The average molecular weight is 375 g/mol. The van der Waals surface area contributed by atoms with Crippen molar-refractivity contribution in [1.29, 1.82) is 0 Å². The molecule has 134 valence electrons. The summed E-state index contributed by atoms with van der Waals surface area (Å²) >= 11 is 1.18. The summed E-state index contributed by atoms with van der Waals surface area (Å²) in [6, 6.07) is 2.89. The van der Waals surface area contributed by atoms with E-state index in [1.165, 1.54) is 22.3 Å². The van der Waals surface area contributed by atoms with Crippen molar-refractivity contribution in [2.45, 2.75) is 24.5 Å². The number of aryl methyl sites for hydroxylation is 1. The van der Waals surface area contributed by atoms with Gasteiger partial charge >= 0.3 is 12.0 Å². The number of hydrogen-bond donors (Lipinski definition) is 3. The standard InChI is InChI=1S/C14H21N3O5S2/c1-10-3-4-11(23-10)24(21,22)16-7-6-15-13(20)17-8-5-14(2,9-17)12(18)19/h3-4,16H,5-9H2,1-2H3,(H,15,20)(H,18,19). The van der Waals surface area contributed by atoms with Crippen LogP contribution in [-0.4, -0.2) is 56.6 Å². The van der Waals surface area contributed by atoms with E-state index in [0.29, 0.717) is 13.0 Å². The van der Waals surface area contributed by atoms with Gasteiger partial charge in [0.1, 0.15) is 4.21 Å². The highest BCUT2D eigenvalue weighted by Crippen LogP contribution is 2.29.